The highest BCUT2D eigenvalue weighted by atomic mass is 35.5. The van der Waals surface area contributed by atoms with Crippen molar-refractivity contribution >= 4 is 88.9 Å². The fourth-order valence-electron chi connectivity index (χ4n) is 8.20. The van der Waals surface area contributed by atoms with Gasteiger partial charge in [-0.25, -0.2) is 0 Å². The molecule has 0 aliphatic heterocycles. The van der Waals surface area contributed by atoms with Crippen LogP contribution < -0.4 is 0 Å². The van der Waals surface area contributed by atoms with E-state index in [1.54, 1.807) is 50.2 Å². The Morgan fingerprint density at radius 1 is 0.392 bits per heavy atom. The van der Waals surface area contributed by atoms with Gasteiger partial charge in [0.2, 0.25) is 0 Å². The Bertz CT molecular complexity index is 3360. The standard InChI is InChI=1S/C36H38Cl2O6S2.C26H18Cl2/c1-35(2,3)24-44-45(39,40)32-21-15-29(16-22-32)34(28-13-19-31(38)20-14-28)33(27-11-17-30(37)18-12-27)26-9-7-25(8-10-26)23-36(4,5)46(41,42)43-6;27-23-15-11-21(12-16-23)25(19-7-3-1-4-8-19)26(20-9-5-2-6-10-20)22-13-17-24(28)18-14-22/h7-22H,23-24H2,1-6H3;1-18H/b34-33-;26-25+. The maximum absolute atomic E-state index is 13.0. The maximum Gasteiger partial charge on any atom is 0.296 e. The van der Waals surface area contributed by atoms with Crippen molar-refractivity contribution in [1.82, 2.24) is 0 Å². The third-order valence-corrected chi connectivity index (χ3v) is 16.2. The van der Waals surface area contributed by atoms with Gasteiger partial charge in [0.05, 0.1) is 23.4 Å². The summed E-state index contributed by atoms with van der Waals surface area (Å²) in [6.45, 7) is 9.04. The van der Waals surface area contributed by atoms with Crippen LogP contribution in [0.2, 0.25) is 20.1 Å². The average molecular weight is 1100 g/mol. The third kappa shape index (κ3) is 14.3. The first-order valence-corrected chi connectivity index (χ1v) is 28.0. The summed E-state index contributed by atoms with van der Waals surface area (Å²) in [6.07, 6.45) is 0.251. The van der Waals surface area contributed by atoms with Crippen LogP contribution in [0.25, 0.3) is 22.3 Å². The van der Waals surface area contributed by atoms with Gasteiger partial charge in [-0.3, -0.25) is 8.37 Å². The van der Waals surface area contributed by atoms with Crippen LogP contribution in [0.15, 0.2) is 211 Å². The molecule has 0 saturated carbocycles. The number of halogens is 4. The van der Waals surface area contributed by atoms with E-state index in [1.165, 1.54) is 7.11 Å². The van der Waals surface area contributed by atoms with Crippen LogP contribution >= 0.6 is 46.4 Å². The van der Waals surface area contributed by atoms with Crippen LogP contribution in [-0.2, 0) is 35.0 Å². The second kappa shape index (κ2) is 24.3. The Hall–Kier alpha value is -5.78. The molecule has 8 aromatic rings. The zero-order chi connectivity index (χ0) is 53.3. The summed E-state index contributed by atoms with van der Waals surface area (Å²) >= 11 is 24.9. The number of rotatable bonds is 15. The van der Waals surface area contributed by atoms with Crippen LogP contribution in [0, 0.1) is 5.41 Å². The predicted octanol–water partition coefficient (Wildman–Crippen LogP) is 17.1. The molecule has 0 heterocycles. The molecule has 0 aliphatic carbocycles. The van der Waals surface area contributed by atoms with E-state index in [0.29, 0.717) is 10.0 Å². The van der Waals surface area contributed by atoms with Gasteiger partial charge in [-0.05, 0) is 159 Å². The lowest BCUT2D eigenvalue weighted by Gasteiger charge is -2.23. The fraction of sp³-hybridized carbons (Fsp3) is 0.161. The van der Waals surface area contributed by atoms with Gasteiger partial charge < -0.3 is 0 Å². The topological polar surface area (TPSA) is 86.7 Å². The Kier molecular flexibility index (Phi) is 18.3. The Labute approximate surface area is 457 Å². The molecule has 0 radical (unpaired) electrons. The van der Waals surface area contributed by atoms with Crippen molar-refractivity contribution in [1.29, 1.82) is 0 Å². The minimum atomic E-state index is -3.97. The highest BCUT2D eigenvalue weighted by molar-refractivity contribution is 7.88. The third-order valence-electron chi connectivity index (χ3n) is 12.0. The highest BCUT2D eigenvalue weighted by Crippen LogP contribution is 2.40. The molecule has 0 N–H and O–H groups in total. The average Bonchev–Trinajstić information content (AvgIpc) is 3.39. The van der Waals surface area contributed by atoms with Crippen LogP contribution in [0.4, 0.5) is 0 Å². The summed E-state index contributed by atoms with van der Waals surface area (Å²) in [7, 11) is -6.57. The molecule has 0 aromatic heterocycles. The Morgan fingerprint density at radius 3 is 0.946 bits per heavy atom. The molecule has 74 heavy (non-hydrogen) atoms. The first-order valence-electron chi connectivity index (χ1n) is 23.7. The van der Waals surface area contributed by atoms with Gasteiger partial charge in [0.15, 0.2) is 0 Å². The lowest BCUT2D eigenvalue weighted by atomic mass is 9.85. The molecule has 8 aromatic carbocycles. The van der Waals surface area contributed by atoms with E-state index >= 15 is 0 Å². The van der Waals surface area contributed by atoms with E-state index in [4.69, 9.17) is 54.8 Å². The Morgan fingerprint density at radius 2 is 0.662 bits per heavy atom. The molecule has 0 saturated heterocycles. The van der Waals surface area contributed by atoms with E-state index < -0.39 is 25.0 Å². The molecule has 0 fully saturated rings. The van der Waals surface area contributed by atoms with Gasteiger partial charge in [0.1, 0.15) is 0 Å². The molecule has 0 aliphatic rings. The van der Waals surface area contributed by atoms with Crippen LogP contribution in [0.5, 0.6) is 0 Å². The van der Waals surface area contributed by atoms with E-state index in [2.05, 4.69) is 72.8 Å². The van der Waals surface area contributed by atoms with Gasteiger partial charge in [-0.2, -0.15) is 16.8 Å². The summed E-state index contributed by atoms with van der Waals surface area (Å²) in [6, 6.07) is 66.2. The first kappa shape index (κ1) is 56.0. The van der Waals surface area contributed by atoms with Crippen molar-refractivity contribution in [3.63, 3.8) is 0 Å². The van der Waals surface area contributed by atoms with E-state index in [1.807, 2.05) is 118 Å². The first-order chi connectivity index (χ1) is 35.1. The van der Waals surface area contributed by atoms with E-state index in [9.17, 15) is 16.8 Å². The quantitative estimate of drug-likeness (QED) is 0.0751. The molecule has 12 heteroatoms. The van der Waals surface area contributed by atoms with Crippen LogP contribution in [0.3, 0.4) is 0 Å². The molecule has 0 unspecified atom stereocenters. The lowest BCUT2D eigenvalue weighted by Crippen LogP contribution is -2.35. The van der Waals surface area contributed by atoms with Crippen molar-refractivity contribution in [2.24, 2.45) is 5.41 Å². The zero-order valence-electron chi connectivity index (χ0n) is 41.8. The fourth-order valence-corrected chi connectivity index (χ4v) is 10.6. The zero-order valence-corrected chi connectivity index (χ0v) is 46.5. The summed E-state index contributed by atoms with van der Waals surface area (Å²) in [5.41, 5.74) is 12.4. The molecule has 0 spiro atoms. The second-order valence-corrected chi connectivity index (χ2v) is 25.0. The molecule has 380 valence electrons. The summed E-state index contributed by atoms with van der Waals surface area (Å²) in [4.78, 5) is 0.0574. The van der Waals surface area contributed by atoms with Crippen molar-refractivity contribution in [3.8, 4) is 0 Å². The molecule has 0 bridgehead atoms. The molecule has 6 nitrogen and oxygen atoms in total. The summed E-state index contributed by atoms with van der Waals surface area (Å²) in [5.74, 6) is 0. The number of hydrogen-bond donors (Lipinski definition) is 0. The summed E-state index contributed by atoms with van der Waals surface area (Å²) in [5, 5.41) is 2.61. The van der Waals surface area contributed by atoms with Gasteiger partial charge in [0, 0.05) is 20.1 Å². The SMILES string of the molecule is COS(=O)(=O)C(C)(C)Cc1ccc(/C(=C(\c2ccc(Cl)cc2)c2ccc(S(=O)(=O)OCC(C)(C)C)cc2)c2ccc(Cl)cc2)cc1.Clc1ccc(/C(=C(\c2ccccc2)c2ccc(Cl)cc2)c2ccccc2)cc1. The van der Waals surface area contributed by atoms with Gasteiger partial charge in [-0.1, -0.05) is 213 Å². The largest absolute Gasteiger partial charge is 0.296 e. The van der Waals surface area contributed by atoms with Crippen LogP contribution in [0.1, 0.15) is 84.7 Å². The monoisotopic (exact) mass is 1100 g/mol. The molecule has 0 atom stereocenters. The lowest BCUT2D eigenvalue weighted by molar-refractivity contribution is 0.203. The number of hydrogen-bond acceptors (Lipinski definition) is 6. The predicted molar refractivity (Wildman–Crippen MR) is 308 cm³/mol. The van der Waals surface area contributed by atoms with Crippen molar-refractivity contribution in [2.45, 2.75) is 50.7 Å². The highest BCUT2D eigenvalue weighted by Gasteiger charge is 2.35. The van der Waals surface area contributed by atoms with Gasteiger partial charge >= 0.3 is 0 Å². The maximum atomic E-state index is 13.0. The van der Waals surface area contributed by atoms with Crippen molar-refractivity contribution in [3.05, 3.63) is 276 Å². The summed E-state index contributed by atoms with van der Waals surface area (Å²) < 4.78 is 60.0. The minimum Gasteiger partial charge on any atom is -0.273 e. The molecule has 8 rings (SSSR count). The van der Waals surface area contributed by atoms with E-state index in [-0.39, 0.29) is 23.3 Å². The molecular weight excluding hydrogens is 1050 g/mol. The smallest absolute Gasteiger partial charge is 0.273 e. The molecular formula is C62H56Cl4O6S2. The molecule has 0 amide bonds. The normalized spacial score (nSPS) is 12.8. The van der Waals surface area contributed by atoms with Crippen LogP contribution in [-0.4, -0.2) is 35.3 Å². The number of benzene rings is 8. The van der Waals surface area contributed by atoms with Crippen molar-refractivity contribution < 1.29 is 25.2 Å². The minimum absolute atomic E-state index is 0.0539. The van der Waals surface area contributed by atoms with Gasteiger partial charge in [0.25, 0.3) is 20.2 Å². The van der Waals surface area contributed by atoms with Crippen molar-refractivity contribution in [2.75, 3.05) is 13.7 Å². The van der Waals surface area contributed by atoms with E-state index in [0.717, 1.165) is 82.4 Å². The Balaban J connectivity index is 0.000000242. The second-order valence-electron chi connectivity index (χ2n) is 19.3. The van der Waals surface area contributed by atoms with Gasteiger partial charge in [-0.15, -0.1) is 0 Å².